The SMILES string of the molecule is CC(=O)N1c2ccc(C3CCOCC3)cc2C(Nc2nccc(C)n2)C(C)C1C. The van der Waals surface area contributed by atoms with Crippen LogP contribution in [0, 0.1) is 12.8 Å². The second-order valence-corrected chi connectivity index (χ2v) is 8.34. The summed E-state index contributed by atoms with van der Waals surface area (Å²) in [4.78, 5) is 23.4. The van der Waals surface area contributed by atoms with Gasteiger partial charge in [-0.2, -0.15) is 0 Å². The van der Waals surface area contributed by atoms with E-state index in [9.17, 15) is 4.79 Å². The predicted octanol–water partition coefficient (Wildman–Crippen LogP) is 4.22. The molecule has 29 heavy (non-hydrogen) atoms. The van der Waals surface area contributed by atoms with Crippen LogP contribution in [0.5, 0.6) is 0 Å². The number of anilines is 2. The summed E-state index contributed by atoms with van der Waals surface area (Å²) in [5.41, 5.74) is 4.40. The number of amides is 1. The number of carbonyl (C=O) groups is 1. The number of fused-ring (bicyclic) bond motifs is 1. The number of nitrogens with zero attached hydrogens (tertiary/aromatic N) is 3. The van der Waals surface area contributed by atoms with Gasteiger partial charge in [0.15, 0.2) is 0 Å². The maximum Gasteiger partial charge on any atom is 0.224 e. The molecule has 1 amide bonds. The Balaban J connectivity index is 1.76. The topological polar surface area (TPSA) is 67.3 Å². The van der Waals surface area contributed by atoms with Crippen molar-refractivity contribution in [1.82, 2.24) is 9.97 Å². The Morgan fingerprint density at radius 2 is 1.97 bits per heavy atom. The van der Waals surface area contributed by atoms with Gasteiger partial charge >= 0.3 is 0 Å². The number of rotatable bonds is 3. The Bertz CT molecular complexity index is 894. The Morgan fingerprint density at radius 3 is 2.66 bits per heavy atom. The molecule has 2 aliphatic rings. The number of nitrogens with one attached hydrogen (secondary N) is 1. The zero-order chi connectivity index (χ0) is 20.5. The van der Waals surface area contributed by atoms with E-state index in [0.29, 0.717) is 11.9 Å². The predicted molar refractivity (Wildman–Crippen MR) is 114 cm³/mol. The van der Waals surface area contributed by atoms with Gasteiger partial charge in [-0.05, 0) is 55.9 Å². The van der Waals surface area contributed by atoms with Gasteiger partial charge in [0.05, 0.1) is 6.04 Å². The fraction of sp³-hybridized carbons (Fsp3) is 0.522. The standard InChI is InChI=1S/C23H30N4O2/c1-14-7-10-24-23(25-14)26-22-15(2)16(3)27(17(4)28)21-6-5-19(13-20(21)22)18-8-11-29-12-9-18/h5-7,10,13,15-16,18,22H,8-9,11-12H2,1-4H3,(H,24,25,26). The third kappa shape index (κ3) is 3.86. The average molecular weight is 395 g/mol. The van der Waals surface area contributed by atoms with E-state index in [1.807, 2.05) is 17.9 Å². The molecular formula is C23H30N4O2. The van der Waals surface area contributed by atoms with E-state index in [1.165, 1.54) is 5.56 Å². The molecule has 2 aromatic rings. The van der Waals surface area contributed by atoms with Gasteiger partial charge in [0.25, 0.3) is 0 Å². The molecule has 0 saturated carbocycles. The lowest BCUT2D eigenvalue weighted by Gasteiger charge is -2.44. The molecule has 1 N–H and O–H groups in total. The molecule has 0 spiro atoms. The first-order valence-electron chi connectivity index (χ1n) is 10.5. The fourth-order valence-corrected chi connectivity index (χ4v) is 4.67. The van der Waals surface area contributed by atoms with Crippen molar-refractivity contribution in [3.05, 3.63) is 47.3 Å². The van der Waals surface area contributed by atoms with Gasteiger partial charge in [0.1, 0.15) is 0 Å². The fourth-order valence-electron chi connectivity index (χ4n) is 4.67. The number of aryl methyl sites for hydroxylation is 1. The van der Waals surface area contributed by atoms with Crippen LogP contribution in [-0.2, 0) is 9.53 Å². The van der Waals surface area contributed by atoms with Crippen LogP contribution in [0.2, 0.25) is 0 Å². The highest BCUT2D eigenvalue weighted by Crippen LogP contribution is 2.44. The number of hydrogen-bond acceptors (Lipinski definition) is 5. The number of carbonyl (C=O) groups excluding carboxylic acids is 1. The van der Waals surface area contributed by atoms with E-state index in [1.54, 1.807) is 13.1 Å². The summed E-state index contributed by atoms with van der Waals surface area (Å²) in [5, 5.41) is 3.56. The molecule has 0 bridgehead atoms. The van der Waals surface area contributed by atoms with E-state index in [2.05, 4.69) is 47.3 Å². The number of aromatic nitrogens is 2. The van der Waals surface area contributed by atoms with Gasteiger partial charge < -0.3 is 15.0 Å². The van der Waals surface area contributed by atoms with Crippen LogP contribution < -0.4 is 10.2 Å². The van der Waals surface area contributed by atoms with Crippen molar-refractivity contribution in [2.45, 2.75) is 58.5 Å². The van der Waals surface area contributed by atoms with Crippen molar-refractivity contribution in [3.8, 4) is 0 Å². The summed E-state index contributed by atoms with van der Waals surface area (Å²) in [6.45, 7) is 9.55. The number of ether oxygens (including phenoxy) is 1. The minimum absolute atomic E-state index is 0.0391. The molecule has 6 heteroatoms. The van der Waals surface area contributed by atoms with E-state index in [0.717, 1.165) is 43.0 Å². The number of benzene rings is 1. The molecule has 1 aromatic heterocycles. The third-order valence-corrected chi connectivity index (χ3v) is 6.45. The average Bonchev–Trinajstić information content (AvgIpc) is 2.72. The van der Waals surface area contributed by atoms with Crippen LogP contribution in [0.15, 0.2) is 30.5 Å². The van der Waals surface area contributed by atoms with Gasteiger partial charge in [-0.1, -0.05) is 19.1 Å². The lowest BCUT2D eigenvalue weighted by Crippen LogP contribution is -2.48. The Morgan fingerprint density at radius 1 is 1.21 bits per heavy atom. The molecular weight excluding hydrogens is 364 g/mol. The Hall–Kier alpha value is -2.47. The van der Waals surface area contributed by atoms with Crippen molar-refractivity contribution in [1.29, 1.82) is 0 Å². The quantitative estimate of drug-likeness (QED) is 0.844. The van der Waals surface area contributed by atoms with Crippen LogP contribution in [0.3, 0.4) is 0 Å². The van der Waals surface area contributed by atoms with Crippen molar-refractivity contribution in [2.75, 3.05) is 23.4 Å². The second-order valence-electron chi connectivity index (χ2n) is 8.34. The molecule has 1 aromatic carbocycles. The molecule has 1 saturated heterocycles. The molecule has 6 nitrogen and oxygen atoms in total. The highest BCUT2D eigenvalue weighted by molar-refractivity contribution is 5.94. The lowest BCUT2D eigenvalue weighted by atomic mass is 9.80. The third-order valence-electron chi connectivity index (χ3n) is 6.45. The zero-order valence-electron chi connectivity index (χ0n) is 17.7. The monoisotopic (exact) mass is 394 g/mol. The molecule has 1 fully saturated rings. The van der Waals surface area contributed by atoms with Crippen LogP contribution in [-0.4, -0.2) is 35.1 Å². The van der Waals surface area contributed by atoms with E-state index < -0.39 is 0 Å². The maximum atomic E-state index is 12.5. The highest BCUT2D eigenvalue weighted by atomic mass is 16.5. The van der Waals surface area contributed by atoms with Crippen LogP contribution >= 0.6 is 0 Å². The van der Waals surface area contributed by atoms with E-state index >= 15 is 0 Å². The molecule has 154 valence electrons. The molecule has 3 heterocycles. The van der Waals surface area contributed by atoms with Gasteiger partial charge in [0.2, 0.25) is 11.9 Å². The minimum Gasteiger partial charge on any atom is -0.381 e. The van der Waals surface area contributed by atoms with Crippen molar-refractivity contribution < 1.29 is 9.53 Å². The van der Waals surface area contributed by atoms with Gasteiger partial charge in [-0.3, -0.25) is 4.79 Å². The smallest absolute Gasteiger partial charge is 0.224 e. The van der Waals surface area contributed by atoms with E-state index in [4.69, 9.17) is 4.74 Å². The van der Waals surface area contributed by atoms with Crippen molar-refractivity contribution in [3.63, 3.8) is 0 Å². The van der Waals surface area contributed by atoms with Gasteiger partial charge in [0, 0.05) is 49.7 Å². The first-order valence-corrected chi connectivity index (χ1v) is 10.5. The largest absolute Gasteiger partial charge is 0.381 e. The highest BCUT2D eigenvalue weighted by Gasteiger charge is 2.39. The molecule has 2 aliphatic heterocycles. The first-order chi connectivity index (χ1) is 14.0. The zero-order valence-corrected chi connectivity index (χ0v) is 17.7. The molecule has 0 aliphatic carbocycles. The van der Waals surface area contributed by atoms with Gasteiger partial charge in [-0.25, -0.2) is 9.97 Å². The van der Waals surface area contributed by atoms with E-state index in [-0.39, 0.29) is 23.9 Å². The molecule has 0 radical (unpaired) electrons. The second kappa shape index (κ2) is 8.11. The summed E-state index contributed by atoms with van der Waals surface area (Å²) in [6.07, 6.45) is 3.86. The van der Waals surface area contributed by atoms with Gasteiger partial charge in [-0.15, -0.1) is 0 Å². The normalized spacial score (nSPS) is 24.8. The molecule has 3 atom stereocenters. The maximum absolute atomic E-state index is 12.5. The summed E-state index contributed by atoms with van der Waals surface area (Å²) >= 11 is 0. The number of hydrogen-bond donors (Lipinski definition) is 1. The lowest BCUT2D eigenvalue weighted by molar-refractivity contribution is -0.117. The first kappa shape index (κ1) is 19.8. The Kier molecular flexibility index (Phi) is 5.54. The van der Waals surface area contributed by atoms with Crippen molar-refractivity contribution in [2.24, 2.45) is 5.92 Å². The van der Waals surface area contributed by atoms with Crippen LogP contribution in [0.4, 0.5) is 11.6 Å². The summed E-state index contributed by atoms with van der Waals surface area (Å²) < 4.78 is 5.54. The minimum atomic E-state index is 0.0391. The summed E-state index contributed by atoms with van der Waals surface area (Å²) in [5.74, 6) is 1.42. The molecule has 4 rings (SSSR count). The summed E-state index contributed by atoms with van der Waals surface area (Å²) in [6, 6.07) is 8.61. The molecule has 3 unspecified atom stereocenters. The van der Waals surface area contributed by atoms with Crippen LogP contribution in [0.25, 0.3) is 0 Å². The van der Waals surface area contributed by atoms with Crippen molar-refractivity contribution >= 4 is 17.5 Å². The summed E-state index contributed by atoms with van der Waals surface area (Å²) in [7, 11) is 0. The Labute approximate surface area is 172 Å². The van der Waals surface area contributed by atoms with Crippen LogP contribution in [0.1, 0.15) is 62.4 Å².